The van der Waals surface area contributed by atoms with Gasteiger partial charge in [-0.1, -0.05) is 30.3 Å². The largest absolute Gasteiger partial charge is 0.491 e. The predicted molar refractivity (Wildman–Crippen MR) is 175 cm³/mol. The monoisotopic (exact) mass is 654 g/mol. The van der Waals surface area contributed by atoms with Crippen LogP contribution >= 0.6 is 0 Å². The lowest BCUT2D eigenvalue weighted by atomic mass is 9.80. The van der Waals surface area contributed by atoms with Gasteiger partial charge in [-0.05, 0) is 73.3 Å². The second-order valence-corrected chi connectivity index (χ2v) is 16.0. The molecule has 46 heavy (non-hydrogen) atoms. The summed E-state index contributed by atoms with van der Waals surface area (Å²) in [6, 6.07) is 22.6. The molecule has 2 atom stereocenters. The number of sulfone groups is 2. The topological polar surface area (TPSA) is 141 Å². The molecule has 2 aliphatic rings. The fourth-order valence-electron chi connectivity index (χ4n) is 6.43. The molecule has 5 aromatic rings. The molecule has 2 unspecified atom stereocenters. The van der Waals surface area contributed by atoms with E-state index < -0.39 is 26.8 Å². The van der Waals surface area contributed by atoms with E-state index in [1.807, 2.05) is 30.3 Å². The first kappa shape index (κ1) is 30.5. The summed E-state index contributed by atoms with van der Waals surface area (Å²) in [7, 11) is -7.91. The van der Waals surface area contributed by atoms with Crippen molar-refractivity contribution in [2.75, 3.05) is 12.5 Å². The molecule has 2 bridgehead atoms. The van der Waals surface area contributed by atoms with E-state index in [0.29, 0.717) is 28.8 Å². The smallest absolute Gasteiger partial charge is 0.423 e. The van der Waals surface area contributed by atoms with Crippen molar-refractivity contribution < 1.29 is 26.5 Å². The summed E-state index contributed by atoms with van der Waals surface area (Å²) < 4.78 is 55.5. The Morgan fingerprint density at radius 1 is 0.848 bits per heavy atom. The second kappa shape index (κ2) is 11.6. The number of rotatable bonds is 9. The molecule has 1 aliphatic heterocycles. The minimum Gasteiger partial charge on any atom is -0.423 e. The average Bonchev–Trinajstić information content (AvgIpc) is 3.77. The van der Waals surface area contributed by atoms with E-state index in [4.69, 9.17) is 14.6 Å². The zero-order valence-electron chi connectivity index (χ0n) is 25.2. The maximum atomic E-state index is 12.0. The maximum absolute atomic E-state index is 12.0. The van der Waals surface area contributed by atoms with Crippen LogP contribution in [0.4, 0.5) is 0 Å². The Morgan fingerprint density at radius 2 is 1.54 bits per heavy atom. The molecule has 4 heterocycles. The number of hydrogen-bond donors (Lipinski definition) is 1. The van der Waals surface area contributed by atoms with Crippen molar-refractivity contribution in [3.05, 3.63) is 96.6 Å². The van der Waals surface area contributed by atoms with E-state index in [0.717, 1.165) is 59.6 Å². The highest BCUT2D eigenvalue weighted by atomic mass is 32.2. The minimum atomic E-state index is -3.34. The molecule has 7 rings (SSSR count). The lowest BCUT2D eigenvalue weighted by Crippen LogP contribution is -2.33. The summed E-state index contributed by atoms with van der Waals surface area (Å²) in [6.07, 6.45) is 7.36. The van der Waals surface area contributed by atoms with Crippen LogP contribution in [0.15, 0.2) is 94.9 Å². The van der Waals surface area contributed by atoms with Crippen LogP contribution in [0.2, 0.25) is 0 Å². The van der Waals surface area contributed by atoms with Gasteiger partial charge in [0.2, 0.25) is 0 Å². The standard InChI is InChI=1S/C33H31BN4O6S2/c1-45(40,41)27-12-7-21(8-13-27)30-19-22(16-17-35-30)32-31(37-33-23-6-11-26(18-23)38(32)33)29-5-3-4-25(36-29)20-44-34(39)24-9-14-28(15-10-24)46(2,42)43/h3-5,7-10,12-17,19,23,26,39H,6,11,18,20H2,1-2H3. The summed E-state index contributed by atoms with van der Waals surface area (Å²) in [6.45, 7) is 0.0276. The molecule has 13 heteroatoms. The van der Waals surface area contributed by atoms with E-state index in [1.54, 1.807) is 30.5 Å². The van der Waals surface area contributed by atoms with Gasteiger partial charge in [0.15, 0.2) is 19.7 Å². The van der Waals surface area contributed by atoms with Gasteiger partial charge >= 0.3 is 7.12 Å². The van der Waals surface area contributed by atoms with Crippen LogP contribution in [0.5, 0.6) is 0 Å². The van der Waals surface area contributed by atoms with Crippen LogP contribution in [0.25, 0.3) is 33.9 Å². The molecule has 2 aromatic carbocycles. The summed E-state index contributed by atoms with van der Waals surface area (Å²) in [5.74, 6) is 1.46. The van der Waals surface area contributed by atoms with Gasteiger partial charge in [-0.25, -0.2) is 26.8 Å². The van der Waals surface area contributed by atoms with Gasteiger partial charge in [0.25, 0.3) is 0 Å². The van der Waals surface area contributed by atoms with Crippen molar-refractivity contribution in [2.45, 2.75) is 47.6 Å². The van der Waals surface area contributed by atoms with Crippen molar-refractivity contribution in [2.24, 2.45) is 0 Å². The molecule has 234 valence electrons. The first-order valence-electron chi connectivity index (χ1n) is 14.9. The fraction of sp³-hybridized carbons (Fsp3) is 0.242. The molecule has 10 nitrogen and oxygen atoms in total. The van der Waals surface area contributed by atoms with E-state index in [9.17, 15) is 21.9 Å². The predicted octanol–water partition coefficient (Wildman–Crippen LogP) is 4.21. The van der Waals surface area contributed by atoms with Crippen LogP contribution in [-0.4, -0.2) is 61.0 Å². The molecule has 0 saturated heterocycles. The highest BCUT2D eigenvalue weighted by Gasteiger charge is 2.41. The van der Waals surface area contributed by atoms with Gasteiger partial charge in [0.05, 0.1) is 39.2 Å². The van der Waals surface area contributed by atoms with Gasteiger partial charge in [-0.3, -0.25) is 4.98 Å². The van der Waals surface area contributed by atoms with Gasteiger partial charge in [0, 0.05) is 41.8 Å². The van der Waals surface area contributed by atoms with Crippen LogP contribution in [0, 0.1) is 0 Å². The maximum Gasteiger partial charge on any atom is 0.491 e. The van der Waals surface area contributed by atoms with Crippen LogP contribution in [-0.2, 0) is 30.9 Å². The van der Waals surface area contributed by atoms with Crippen molar-refractivity contribution in [1.29, 1.82) is 0 Å². The SMILES string of the molecule is CS(=O)(=O)c1ccc(B(O)OCc2cccc(-c3nc4n(c3-c3ccnc(-c5ccc(S(C)(=O)=O)cc5)c3)C3CCC4C3)n2)cc1. The van der Waals surface area contributed by atoms with Crippen LogP contribution < -0.4 is 5.46 Å². The molecule has 1 aliphatic carbocycles. The zero-order chi connectivity index (χ0) is 32.2. The van der Waals surface area contributed by atoms with Crippen molar-refractivity contribution in [3.8, 4) is 33.9 Å². The highest BCUT2D eigenvalue weighted by molar-refractivity contribution is 7.91. The number of nitrogens with zero attached hydrogens (tertiary/aromatic N) is 4. The normalized spacial score (nSPS) is 17.3. The Kier molecular flexibility index (Phi) is 7.67. The van der Waals surface area contributed by atoms with Gasteiger partial charge in [-0.15, -0.1) is 0 Å². The first-order valence-corrected chi connectivity index (χ1v) is 18.7. The number of fused-ring (bicyclic) bond motifs is 5. The Bertz CT molecular complexity index is 2170. The Hall–Kier alpha value is -4.17. The van der Waals surface area contributed by atoms with E-state index in [2.05, 4.69) is 9.55 Å². The lowest BCUT2D eigenvalue weighted by Gasteiger charge is -2.18. The molecule has 1 fully saturated rings. The summed E-state index contributed by atoms with van der Waals surface area (Å²) in [5, 5.41) is 10.6. The molecular weight excluding hydrogens is 623 g/mol. The molecule has 0 amide bonds. The Balaban J connectivity index is 1.20. The van der Waals surface area contributed by atoms with Crippen molar-refractivity contribution in [1.82, 2.24) is 19.5 Å². The summed E-state index contributed by atoms with van der Waals surface area (Å²) in [4.78, 5) is 15.0. The number of hydrogen-bond acceptors (Lipinski definition) is 9. The van der Waals surface area contributed by atoms with E-state index in [1.165, 1.54) is 30.5 Å². The number of aromatic nitrogens is 4. The summed E-state index contributed by atoms with van der Waals surface area (Å²) >= 11 is 0. The minimum absolute atomic E-state index is 0.0276. The van der Waals surface area contributed by atoms with Crippen molar-refractivity contribution >= 4 is 32.3 Å². The molecular formula is C33H31BN4O6S2. The highest BCUT2D eigenvalue weighted by Crippen LogP contribution is 2.52. The van der Waals surface area contributed by atoms with Crippen molar-refractivity contribution in [3.63, 3.8) is 0 Å². The average molecular weight is 655 g/mol. The number of benzene rings is 2. The van der Waals surface area contributed by atoms with E-state index >= 15 is 0 Å². The van der Waals surface area contributed by atoms with Crippen LogP contribution in [0.1, 0.15) is 42.7 Å². The Morgan fingerprint density at radius 3 is 2.24 bits per heavy atom. The number of pyridine rings is 2. The third kappa shape index (κ3) is 5.79. The van der Waals surface area contributed by atoms with E-state index in [-0.39, 0.29) is 16.4 Å². The zero-order valence-corrected chi connectivity index (χ0v) is 26.9. The Labute approximate surface area is 268 Å². The van der Waals surface area contributed by atoms with Gasteiger partial charge in [0.1, 0.15) is 11.5 Å². The van der Waals surface area contributed by atoms with Gasteiger partial charge < -0.3 is 14.2 Å². The molecule has 0 radical (unpaired) electrons. The molecule has 1 saturated carbocycles. The molecule has 0 spiro atoms. The number of imidazole rings is 1. The summed E-state index contributed by atoms with van der Waals surface area (Å²) in [5.41, 5.74) is 5.91. The molecule has 1 N–H and O–H groups in total. The quantitative estimate of drug-likeness (QED) is 0.232. The second-order valence-electron chi connectivity index (χ2n) is 11.9. The first-order chi connectivity index (χ1) is 22.0. The van der Waals surface area contributed by atoms with Gasteiger partial charge in [-0.2, -0.15) is 0 Å². The molecule has 3 aromatic heterocycles. The third-order valence-corrected chi connectivity index (χ3v) is 11.0. The van der Waals surface area contributed by atoms with Crippen LogP contribution in [0.3, 0.4) is 0 Å². The lowest BCUT2D eigenvalue weighted by molar-refractivity contribution is 0.255. The fourth-order valence-corrected chi connectivity index (χ4v) is 7.69. The third-order valence-electron chi connectivity index (χ3n) is 8.72.